The second-order valence-corrected chi connectivity index (χ2v) is 5.84. The number of alkyl halides is 6. The predicted octanol–water partition coefficient (Wildman–Crippen LogP) is 5.11. The van der Waals surface area contributed by atoms with E-state index in [1.165, 1.54) is 19.2 Å². The summed E-state index contributed by atoms with van der Waals surface area (Å²) in [6.07, 6.45) is -10.1. The third-order valence-corrected chi connectivity index (χ3v) is 3.69. The Morgan fingerprint density at radius 2 is 1.36 bits per heavy atom. The number of carbonyl (C=O) groups excluding carboxylic acids is 1. The highest BCUT2D eigenvalue weighted by atomic mass is 32.1. The van der Waals surface area contributed by atoms with Gasteiger partial charge in [-0.2, -0.15) is 26.3 Å². The highest BCUT2D eigenvalue weighted by molar-refractivity contribution is 7.82. The molecular weight excluding hydrogens is 410 g/mol. The van der Waals surface area contributed by atoms with Crippen molar-refractivity contribution < 1.29 is 35.9 Å². The third kappa shape index (κ3) is 5.59. The van der Waals surface area contributed by atoms with Crippen LogP contribution in [0.2, 0.25) is 0 Å². The van der Waals surface area contributed by atoms with E-state index >= 15 is 0 Å². The molecule has 0 aliphatic rings. The number of halogens is 6. The van der Waals surface area contributed by atoms with Crippen molar-refractivity contribution >= 4 is 34.5 Å². The first-order chi connectivity index (χ1) is 12.9. The molecule has 4 nitrogen and oxygen atoms in total. The molecule has 0 heterocycles. The van der Waals surface area contributed by atoms with E-state index in [-0.39, 0.29) is 6.07 Å². The number of hydrogen-bond acceptors (Lipinski definition) is 3. The van der Waals surface area contributed by atoms with Crippen LogP contribution in [0.25, 0.3) is 0 Å². The molecule has 0 spiro atoms. The van der Waals surface area contributed by atoms with Crippen molar-refractivity contribution in [1.29, 1.82) is 0 Å². The number of anilines is 2. The van der Waals surface area contributed by atoms with E-state index in [0.29, 0.717) is 23.6 Å². The lowest BCUT2D eigenvalue weighted by Crippen LogP contribution is -2.27. The lowest BCUT2D eigenvalue weighted by molar-refractivity contribution is -0.143. The Balaban J connectivity index is 2.20. The Morgan fingerprint density at radius 1 is 0.857 bits per heavy atom. The Morgan fingerprint density at radius 3 is 1.79 bits per heavy atom. The second-order valence-electron chi connectivity index (χ2n) is 5.43. The first-order valence-electron chi connectivity index (χ1n) is 7.46. The number of ether oxygens (including phenoxy) is 1. The summed E-state index contributed by atoms with van der Waals surface area (Å²) in [6, 6.07) is 6.90. The monoisotopic (exact) mass is 422 g/mol. The van der Waals surface area contributed by atoms with Crippen molar-refractivity contribution in [2.45, 2.75) is 12.4 Å². The minimum Gasteiger partial charge on any atom is -0.497 e. The number of methoxy groups -OCH3 is 1. The van der Waals surface area contributed by atoms with Crippen LogP contribution < -0.4 is 15.4 Å². The van der Waals surface area contributed by atoms with Crippen LogP contribution in [0, 0.1) is 0 Å². The lowest BCUT2D eigenvalue weighted by Gasteiger charge is -2.15. The first kappa shape index (κ1) is 21.5. The van der Waals surface area contributed by atoms with Gasteiger partial charge in [0.15, 0.2) is 4.99 Å². The van der Waals surface area contributed by atoms with E-state index in [9.17, 15) is 31.1 Å². The van der Waals surface area contributed by atoms with Gasteiger partial charge in [-0.3, -0.25) is 4.79 Å². The molecule has 0 fully saturated rings. The van der Waals surface area contributed by atoms with E-state index in [1.807, 2.05) is 5.32 Å². The molecule has 11 heteroatoms. The van der Waals surface area contributed by atoms with E-state index in [0.717, 1.165) is 0 Å². The number of carbonyl (C=O) groups is 1. The van der Waals surface area contributed by atoms with Crippen LogP contribution in [0.1, 0.15) is 11.1 Å². The van der Waals surface area contributed by atoms with Crippen LogP contribution in [0.3, 0.4) is 0 Å². The summed E-state index contributed by atoms with van der Waals surface area (Å²) >= 11 is 4.83. The quantitative estimate of drug-likeness (QED) is 0.533. The zero-order valence-electron chi connectivity index (χ0n) is 14.0. The maximum atomic E-state index is 12.9. The molecule has 0 saturated carbocycles. The van der Waals surface area contributed by atoms with Gasteiger partial charge < -0.3 is 15.4 Å². The zero-order chi connectivity index (χ0) is 21.1. The molecule has 1 amide bonds. The average Bonchev–Trinajstić information content (AvgIpc) is 2.60. The van der Waals surface area contributed by atoms with Crippen LogP contribution in [0.4, 0.5) is 37.7 Å². The molecule has 0 atom stereocenters. The van der Waals surface area contributed by atoms with Crippen molar-refractivity contribution in [3.63, 3.8) is 0 Å². The minimum absolute atomic E-state index is 0.0381. The molecule has 2 rings (SSSR count). The molecule has 0 aliphatic heterocycles. The average molecular weight is 422 g/mol. The molecule has 0 aromatic heterocycles. The smallest absolute Gasteiger partial charge is 0.416 e. The fourth-order valence-corrected chi connectivity index (χ4v) is 2.25. The van der Waals surface area contributed by atoms with Crippen LogP contribution in [0.5, 0.6) is 5.75 Å². The van der Waals surface area contributed by atoms with Gasteiger partial charge in [-0.15, -0.1) is 0 Å². The minimum atomic E-state index is -5.03. The maximum Gasteiger partial charge on any atom is 0.416 e. The summed E-state index contributed by atoms with van der Waals surface area (Å²) in [7, 11) is 1.45. The van der Waals surface area contributed by atoms with Crippen LogP contribution in [-0.4, -0.2) is 18.0 Å². The summed E-state index contributed by atoms with van der Waals surface area (Å²) in [6.45, 7) is 0. The molecule has 28 heavy (non-hydrogen) atoms. The normalized spacial score (nSPS) is 11.7. The first-order valence-corrected chi connectivity index (χ1v) is 7.87. The topological polar surface area (TPSA) is 50.4 Å². The largest absolute Gasteiger partial charge is 0.497 e. The molecule has 150 valence electrons. The van der Waals surface area contributed by atoms with Gasteiger partial charge in [0.05, 0.1) is 18.2 Å². The van der Waals surface area contributed by atoms with Crippen molar-refractivity contribution in [2.75, 3.05) is 17.7 Å². The molecule has 0 bridgehead atoms. The Kier molecular flexibility index (Phi) is 6.17. The Hall–Kier alpha value is -2.82. The molecule has 2 aromatic rings. The van der Waals surface area contributed by atoms with Gasteiger partial charge in [-0.1, -0.05) is 12.2 Å². The Labute approximate surface area is 160 Å². The highest BCUT2D eigenvalue weighted by Gasteiger charge is 2.37. The highest BCUT2D eigenvalue weighted by Crippen LogP contribution is 2.37. The molecule has 0 saturated heterocycles. The fourth-order valence-electron chi connectivity index (χ4n) is 2.08. The summed E-state index contributed by atoms with van der Waals surface area (Å²) in [5.74, 6) is -0.539. The molecule has 0 radical (unpaired) electrons. The van der Waals surface area contributed by atoms with Gasteiger partial charge in [0.25, 0.3) is 5.91 Å². The number of rotatable bonds is 3. The zero-order valence-corrected chi connectivity index (χ0v) is 14.9. The van der Waals surface area contributed by atoms with E-state index in [1.54, 1.807) is 12.1 Å². The van der Waals surface area contributed by atoms with Crippen molar-refractivity contribution in [1.82, 2.24) is 0 Å². The maximum absolute atomic E-state index is 12.9. The van der Waals surface area contributed by atoms with Crippen LogP contribution in [0.15, 0.2) is 42.5 Å². The van der Waals surface area contributed by atoms with Gasteiger partial charge in [-0.05, 0) is 42.5 Å². The molecular formula is C17H12F6N2O2S. The van der Waals surface area contributed by atoms with Crippen molar-refractivity contribution in [2.24, 2.45) is 0 Å². The SMILES string of the molecule is COc1ccc(NC(=S)C(=O)Nc2cc(C(F)(F)F)cc(C(F)(F)F)c2)cc1. The van der Waals surface area contributed by atoms with E-state index < -0.39 is 40.1 Å². The van der Waals surface area contributed by atoms with E-state index in [2.05, 4.69) is 5.32 Å². The van der Waals surface area contributed by atoms with Crippen molar-refractivity contribution in [3.05, 3.63) is 53.6 Å². The van der Waals surface area contributed by atoms with Crippen molar-refractivity contribution in [3.8, 4) is 5.75 Å². The third-order valence-electron chi connectivity index (χ3n) is 3.40. The molecule has 2 N–H and O–H groups in total. The summed E-state index contributed by atoms with van der Waals surface area (Å²) in [5.41, 5.74) is -3.41. The van der Waals surface area contributed by atoms with Gasteiger partial charge in [0.1, 0.15) is 5.75 Å². The van der Waals surface area contributed by atoms with Gasteiger partial charge in [-0.25, -0.2) is 0 Å². The molecule has 2 aromatic carbocycles. The molecule has 0 aliphatic carbocycles. The number of amides is 1. The summed E-state index contributed by atoms with van der Waals surface area (Å²) < 4.78 is 82.1. The molecule has 0 unspecified atom stereocenters. The number of thiocarbonyl (C=S) groups is 1. The van der Waals surface area contributed by atoms with Gasteiger partial charge >= 0.3 is 12.4 Å². The van der Waals surface area contributed by atoms with Gasteiger partial charge in [0, 0.05) is 11.4 Å². The summed E-state index contributed by atoms with van der Waals surface area (Å²) in [5, 5.41) is 4.46. The number of nitrogens with one attached hydrogen (secondary N) is 2. The lowest BCUT2D eigenvalue weighted by atomic mass is 10.1. The van der Waals surface area contributed by atoms with Crippen LogP contribution in [-0.2, 0) is 17.1 Å². The fraction of sp³-hybridized carbons (Fsp3) is 0.176. The van der Waals surface area contributed by atoms with Crippen LogP contribution >= 0.6 is 12.2 Å². The van der Waals surface area contributed by atoms with Gasteiger partial charge in [0.2, 0.25) is 0 Å². The Bertz CT molecular complexity index is 846. The predicted molar refractivity (Wildman–Crippen MR) is 94.3 cm³/mol. The summed E-state index contributed by atoms with van der Waals surface area (Å²) in [4.78, 5) is 11.6. The number of benzene rings is 2. The standard InChI is InChI=1S/C17H12F6N2O2S/c1-27-13-4-2-11(3-5-13)25-15(28)14(26)24-12-7-9(16(18,19)20)6-10(8-12)17(21,22)23/h2-8H,1H3,(H,24,26)(H,25,28). The second kappa shape index (κ2) is 8.05. The van der Waals surface area contributed by atoms with E-state index in [4.69, 9.17) is 17.0 Å². The number of hydrogen-bond donors (Lipinski definition) is 2.